The SMILES string of the molecule is CN1CCC(O)C1.N#Cc1ccc(NC(CC(=N)N2CCC3(CC2)CC(C=O)C3)C2CCCC2)cc1Cl. The fraction of sp³-hybridized carbons (Fsp3) is 0.690. The molecule has 2 atom stereocenters. The summed E-state index contributed by atoms with van der Waals surface area (Å²) in [5, 5.41) is 30.9. The van der Waals surface area contributed by atoms with E-state index in [4.69, 9.17) is 27.4 Å². The summed E-state index contributed by atoms with van der Waals surface area (Å²) in [7, 11) is 2.02. The molecule has 1 aromatic rings. The molecule has 0 bridgehead atoms. The molecule has 0 amide bonds. The maximum atomic E-state index is 11.0. The molecular weight excluding hydrogens is 486 g/mol. The minimum absolute atomic E-state index is 0.0509. The summed E-state index contributed by atoms with van der Waals surface area (Å²) in [6.07, 6.45) is 11.9. The van der Waals surface area contributed by atoms with Crippen LogP contribution in [0.4, 0.5) is 5.69 Å². The highest BCUT2D eigenvalue weighted by Gasteiger charge is 2.46. The Kier molecular flexibility index (Phi) is 9.50. The molecule has 0 radical (unpaired) electrons. The zero-order valence-electron chi connectivity index (χ0n) is 22.1. The van der Waals surface area contributed by atoms with Gasteiger partial charge in [0, 0.05) is 50.2 Å². The predicted octanol–water partition coefficient (Wildman–Crippen LogP) is 4.92. The lowest BCUT2D eigenvalue weighted by Crippen LogP contribution is -2.49. The number of likely N-dealkylation sites (tertiary alicyclic amines) is 2. The molecule has 37 heavy (non-hydrogen) atoms. The molecule has 1 aromatic carbocycles. The van der Waals surface area contributed by atoms with Gasteiger partial charge in [0.25, 0.3) is 0 Å². The molecule has 202 valence electrons. The Balaban J connectivity index is 0.000000396. The van der Waals surface area contributed by atoms with Crippen LogP contribution in [0.1, 0.15) is 69.8 Å². The number of halogens is 1. The van der Waals surface area contributed by atoms with Crippen molar-refractivity contribution < 1.29 is 9.90 Å². The van der Waals surface area contributed by atoms with Gasteiger partial charge in [0.05, 0.1) is 22.5 Å². The largest absolute Gasteiger partial charge is 0.392 e. The Labute approximate surface area is 226 Å². The van der Waals surface area contributed by atoms with Gasteiger partial charge in [-0.1, -0.05) is 24.4 Å². The Morgan fingerprint density at radius 2 is 1.97 bits per heavy atom. The molecule has 1 spiro atoms. The summed E-state index contributed by atoms with van der Waals surface area (Å²) < 4.78 is 0. The third-order valence-electron chi connectivity index (χ3n) is 8.98. The molecule has 0 aromatic heterocycles. The van der Waals surface area contributed by atoms with Crippen LogP contribution in [0.25, 0.3) is 0 Å². The predicted molar refractivity (Wildman–Crippen MR) is 148 cm³/mol. The van der Waals surface area contributed by atoms with Crippen molar-refractivity contribution in [3.8, 4) is 6.07 Å². The lowest BCUT2D eigenvalue weighted by Gasteiger charge is -2.51. The summed E-state index contributed by atoms with van der Waals surface area (Å²) in [5.41, 5.74) is 1.78. The second-order valence-corrected chi connectivity index (χ2v) is 12.2. The van der Waals surface area contributed by atoms with Gasteiger partial charge in [-0.2, -0.15) is 5.26 Å². The first kappa shape index (κ1) is 27.9. The molecule has 2 aliphatic heterocycles. The first-order valence-corrected chi connectivity index (χ1v) is 14.3. The average Bonchev–Trinajstić information content (AvgIpc) is 3.54. The van der Waals surface area contributed by atoms with E-state index in [0.29, 0.717) is 28.3 Å². The smallest absolute Gasteiger partial charge is 0.123 e. The number of hydrogen-bond donors (Lipinski definition) is 3. The van der Waals surface area contributed by atoms with Gasteiger partial charge in [0.2, 0.25) is 0 Å². The number of nitrogens with one attached hydrogen (secondary N) is 2. The molecule has 5 rings (SSSR count). The van der Waals surface area contributed by atoms with E-state index in [0.717, 1.165) is 76.1 Å². The van der Waals surface area contributed by atoms with E-state index in [1.165, 1.54) is 25.7 Å². The Hall–Kier alpha value is -2.14. The van der Waals surface area contributed by atoms with Gasteiger partial charge in [-0.25, -0.2) is 0 Å². The molecule has 8 heteroatoms. The highest BCUT2D eigenvalue weighted by Crippen LogP contribution is 2.51. The van der Waals surface area contributed by atoms with E-state index in [1.807, 2.05) is 19.2 Å². The Morgan fingerprint density at radius 3 is 2.49 bits per heavy atom. The Bertz CT molecular complexity index is 965. The summed E-state index contributed by atoms with van der Waals surface area (Å²) in [6, 6.07) is 7.83. The highest BCUT2D eigenvalue weighted by molar-refractivity contribution is 6.32. The minimum atomic E-state index is -0.0509. The number of carbonyl (C=O) groups excluding carboxylic acids is 1. The summed E-state index contributed by atoms with van der Waals surface area (Å²) >= 11 is 6.23. The molecule has 2 aliphatic carbocycles. The number of hydrogen-bond acceptors (Lipinski definition) is 6. The van der Waals surface area contributed by atoms with E-state index in [-0.39, 0.29) is 18.1 Å². The lowest BCUT2D eigenvalue weighted by atomic mass is 9.58. The first-order valence-electron chi connectivity index (χ1n) is 13.9. The number of nitrogens with zero attached hydrogens (tertiary/aromatic N) is 3. The summed E-state index contributed by atoms with van der Waals surface area (Å²) in [5.74, 6) is 1.56. The van der Waals surface area contributed by atoms with E-state index in [9.17, 15) is 4.79 Å². The van der Waals surface area contributed by atoms with Crippen molar-refractivity contribution in [1.82, 2.24) is 9.80 Å². The molecule has 2 unspecified atom stereocenters. The van der Waals surface area contributed by atoms with Crippen LogP contribution in [-0.2, 0) is 4.79 Å². The van der Waals surface area contributed by atoms with E-state index in [2.05, 4.69) is 21.2 Å². The fourth-order valence-electron chi connectivity index (χ4n) is 6.66. The normalized spacial score (nSPS) is 24.6. The molecule has 2 saturated heterocycles. The number of piperidine rings is 1. The third kappa shape index (κ3) is 7.25. The number of aliphatic hydroxyl groups is 1. The quantitative estimate of drug-likeness (QED) is 0.275. The number of rotatable bonds is 6. The number of benzene rings is 1. The van der Waals surface area contributed by atoms with Gasteiger partial charge in [-0.15, -0.1) is 0 Å². The number of β-amino-alcohol motifs (C(OH)–C–C–N with tert-alkyl or cyclic N) is 1. The lowest BCUT2D eigenvalue weighted by molar-refractivity contribution is -0.119. The Morgan fingerprint density at radius 1 is 1.27 bits per heavy atom. The van der Waals surface area contributed by atoms with Crippen LogP contribution in [0.5, 0.6) is 0 Å². The van der Waals surface area contributed by atoms with Crippen LogP contribution in [0.3, 0.4) is 0 Å². The van der Waals surface area contributed by atoms with Crippen LogP contribution < -0.4 is 5.32 Å². The van der Waals surface area contributed by atoms with Crippen LogP contribution in [0.15, 0.2) is 18.2 Å². The van der Waals surface area contributed by atoms with Crippen molar-refractivity contribution in [3.63, 3.8) is 0 Å². The van der Waals surface area contributed by atoms with E-state index >= 15 is 0 Å². The van der Waals surface area contributed by atoms with Gasteiger partial charge < -0.3 is 25.0 Å². The fourth-order valence-corrected chi connectivity index (χ4v) is 6.88. The van der Waals surface area contributed by atoms with Crippen LogP contribution in [-0.4, -0.2) is 72.4 Å². The van der Waals surface area contributed by atoms with Crippen molar-refractivity contribution in [3.05, 3.63) is 28.8 Å². The highest BCUT2D eigenvalue weighted by atomic mass is 35.5. The van der Waals surface area contributed by atoms with Crippen LogP contribution in [0, 0.1) is 34.0 Å². The van der Waals surface area contributed by atoms with Gasteiger partial charge >= 0.3 is 0 Å². The second-order valence-electron chi connectivity index (χ2n) is 11.7. The number of aldehydes is 1. The molecule has 2 saturated carbocycles. The maximum absolute atomic E-state index is 11.0. The number of nitriles is 1. The second kappa shape index (κ2) is 12.6. The minimum Gasteiger partial charge on any atom is -0.392 e. The molecule has 4 fully saturated rings. The molecular formula is C29H42ClN5O2. The topological polar surface area (TPSA) is 103 Å². The molecule has 3 N–H and O–H groups in total. The van der Waals surface area contributed by atoms with Crippen LogP contribution in [0.2, 0.25) is 5.02 Å². The zero-order valence-corrected chi connectivity index (χ0v) is 22.8. The number of carbonyl (C=O) groups is 1. The first-order chi connectivity index (χ1) is 17.8. The summed E-state index contributed by atoms with van der Waals surface area (Å²) in [6.45, 7) is 3.79. The monoisotopic (exact) mass is 527 g/mol. The van der Waals surface area contributed by atoms with Gasteiger partial charge in [0.1, 0.15) is 12.4 Å². The number of likely N-dealkylation sites (N-methyl/N-ethyl adjacent to an activating group) is 1. The number of anilines is 1. The maximum Gasteiger partial charge on any atom is 0.123 e. The molecule has 7 nitrogen and oxygen atoms in total. The molecule has 4 aliphatic rings. The average molecular weight is 528 g/mol. The van der Waals surface area contributed by atoms with Crippen molar-refractivity contribution >= 4 is 29.4 Å². The third-order valence-corrected chi connectivity index (χ3v) is 9.29. The standard InChI is InChI=1S/C24H31ClN4O.C5H11NO/c25-21-11-20(6-5-19(21)15-26)28-22(18-3-1-2-4-18)12-23(27)29-9-7-24(8-10-29)13-17(14-24)16-30;1-6-3-2-5(7)4-6/h5-6,11,16-18,22,27-28H,1-4,7-10,12-14H2;5,7H,2-4H2,1H3. The van der Waals surface area contributed by atoms with Crippen molar-refractivity contribution in [2.24, 2.45) is 17.3 Å². The van der Waals surface area contributed by atoms with E-state index < -0.39 is 0 Å². The van der Waals surface area contributed by atoms with Crippen LogP contribution >= 0.6 is 11.6 Å². The van der Waals surface area contributed by atoms with Crippen molar-refractivity contribution in [2.45, 2.75) is 76.4 Å². The zero-order chi connectivity index (χ0) is 26.4. The van der Waals surface area contributed by atoms with Gasteiger partial charge in [0.15, 0.2) is 0 Å². The van der Waals surface area contributed by atoms with Crippen molar-refractivity contribution in [2.75, 3.05) is 38.5 Å². The van der Waals surface area contributed by atoms with Crippen molar-refractivity contribution in [1.29, 1.82) is 10.7 Å². The summed E-state index contributed by atoms with van der Waals surface area (Å²) in [4.78, 5) is 15.3. The number of aliphatic hydroxyl groups excluding tert-OH is 1. The molecule has 2 heterocycles. The van der Waals surface area contributed by atoms with Gasteiger partial charge in [-0.3, -0.25) is 5.41 Å². The number of amidine groups is 1. The van der Waals surface area contributed by atoms with E-state index in [1.54, 1.807) is 6.07 Å². The van der Waals surface area contributed by atoms with Gasteiger partial charge in [-0.05, 0) is 81.5 Å².